The molecule has 1 N–H and O–H groups in total. The molecule has 2 rings (SSSR count). The fourth-order valence-corrected chi connectivity index (χ4v) is 2.74. The molecule has 0 aliphatic rings. The Morgan fingerprint density at radius 1 is 1.50 bits per heavy atom. The average molecular weight is 294 g/mol. The third-order valence-electron chi connectivity index (χ3n) is 2.96. The predicted octanol–water partition coefficient (Wildman–Crippen LogP) is 3.25. The summed E-state index contributed by atoms with van der Waals surface area (Å²) in [4.78, 5) is 8.88. The van der Waals surface area contributed by atoms with Gasteiger partial charge in [-0.2, -0.15) is 0 Å². The molecule has 110 valence electrons. The standard InChI is InChI=1S/C14H22N4OS/c1-4-19-9-5-7-18-8-6-15-14(18)17-12(3)13-16-11(2)10-20-13/h6,8,10,12H,4-5,7,9H2,1-3H3,(H,15,17). The number of rotatable bonds is 8. The van der Waals surface area contributed by atoms with Crippen LogP contribution in [0.1, 0.15) is 37.0 Å². The van der Waals surface area contributed by atoms with Gasteiger partial charge in [-0.1, -0.05) is 0 Å². The number of hydrogen-bond acceptors (Lipinski definition) is 5. The second-order valence-electron chi connectivity index (χ2n) is 4.69. The van der Waals surface area contributed by atoms with E-state index < -0.39 is 0 Å². The van der Waals surface area contributed by atoms with Gasteiger partial charge in [0.25, 0.3) is 0 Å². The van der Waals surface area contributed by atoms with E-state index in [0.29, 0.717) is 0 Å². The molecule has 20 heavy (non-hydrogen) atoms. The number of nitrogens with one attached hydrogen (secondary N) is 1. The summed E-state index contributed by atoms with van der Waals surface area (Å²) in [5.41, 5.74) is 1.07. The van der Waals surface area contributed by atoms with Crippen LogP contribution in [0.4, 0.5) is 5.95 Å². The van der Waals surface area contributed by atoms with Crippen molar-refractivity contribution in [2.45, 2.75) is 39.8 Å². The number of ether oxygens (including phenoxy) is 1. The summed E-state index contributed by atoms with van der Waals surface area (Å²) in [5, 5.41) is 6.58. The minimum absolute atomic E-state index is 0.168. The molecular formula is C14H22N4OS. The molecular weight excluding hydrogens is 272 g/mol. The summed E-state index contributed by atoms with van der Waals surface area (Å²) in [7, 11) is 0. The van der Waals surface area contributed by atoms with Crippen LogP contribution in [0, 0.1) is 6.92 Å². The summed E-state index contributed by atoms with van der Waals surface area (Å²) in [6.07, 6.45) is 4.81. The lowest BCUT2D eigenvalue weighted by molar-refractivity contribution is 0.142. The summed E-state index contributed by atoms with van der Waals surface area (Å²) >= 11 is 1.68. The number of anilines is 1. The Morgan fingerprint density at radius 2 is 2.35 bits per heavy atom. The molecule has 0 bridgehead atoms. The van der Waals surface area contributed by atoms with Crippen LogP contribution >= 0.6 is 11.3 Å². The molecule has 2 heterocycles. The zero-order valence-electron chi connectivity index (χ0n) is 12.3. The van der Waals surface area contributed by atoms with E-state index >= 15 is 0 Å². The fraction of sp³-hybridized carbons (Fsp3) is 0.571. The van der Waals surface area contributed by atoms with E-state index in [2.05, 4.69) is 32.2 Å². The van der Waals surface area contributed by atoms with Gasteiger partial charge in [-0.15, -0.1) is 11.3 Å². The van der Waals surface area contributed by atoms with Gasteiger partial charge in [-0.25, -0.2) is 9.97 Å². The molecule has 0 aliphatic heterocycles. The Hall–Kier alpha value is -1.40. The highest BCUT2D eigenvalue weighted by Crippen LogP contribution is 2.21. The molecule has 5 nitrogen and oxygen atoms in total. The number of nitrogens with zero attached hydrogens (tertiary/aromatic N) is 3. The Kier molecular flexibility index (Phi) is 5.55. The maximum atomic E-state index is 5.36. The van der Waals surface area contributed by atoms with Crippen molar-refractivity contribution in [2.24, 2.45) is 0 Å². The minimum atomic E-state index is 0.168. The molecule has 0 saturated carbocycles. The van der Waals surface area contributed by atoms with E-state index in [1.54, 1.807) is 11.3 Å². The first-order valence-electron chi connectivity index (χ1n) is 6.98. The third kappa shape index (κ3) is 4.05. The normalized spacial score (nSPS) is 12.6. The van der Waals surface area contributed by atoms with Gasteiger partial charge >= 0.3 is 0 Å². The van der Waals surface area contributed by atoms with E-state index in [9.17, 15) is 0 Å². The Bertz CT molecular complexity index is 523. The predicted molar refractivity (Wildman–Crippen MR) is 82.2 cm³/mol. The molecule has 0 saturated heterocycles. The van der Waals surface area contributed by atoms with E-state index in [0.717, 1.165) is 42.8 Å². The maximum Gasteiger partial charge on any atom is 0.203 e. The van der Waals surface area contributed by atoms with E-state index in [1.165, 1.54) is 0 Å². The van der Waals surface area contributed by atoms with E-state index in [1.807, 2.05) is 26.2 Å². The first-order chi connectivity index (χ1) is 9.70. The van der Waals surface area contributed by atoms with Crippen molar-refractivity contribution >= 4 is 17.3 Å². The van der Waals surface area contributed by atoms with E-state index in [-0.39, 0.29) is 6.04 Å². The maximum absolute atomic E-state index is 5.36. The monoisotopic (exact) mass is 294 g/mol. The molecule has 1 unspecified atom stereocenters. The molecule has 2 aromatic heterocycles. The molecule has 1 atom stereocenters. The van der Waals surface area contributed by atoms with Gasteiger partial charge in [0.2, 0.25) is 5.95 Å². The van der Waals surface area contributed by atoms with Crippen molar-refractivity contribution in [3.05, 3.63) is 28.5 Å². The summed E-state index contributed by atoms with van der Waals surface area (Å²) in [6.45, 7) is 8.61. The number of aromatic nitrogens is 3. The van der Waals surface area contributed by atoms with Crippen molar-refractivity contribution in [1.29, 1.82) is 0 Å². The second kappa shape index (κ2) is 7.40. The topological polar surface area (TPSA) is 52.0 Å². The zero-order chi connectivity index (χ0) is 14.4. The molecule has 0 aromatic carbocycles. The lowest BCUT2D eigenvalue weighted by Gasteiger charge is -2.14. The molecule has 2 aromatic rings. The van der Waals surface area contributed by atoms with Gasteiger partial charge in [-0.05, 0) is 27.2 Å². The molecule has 0 radical (unpaired) electrons. The SMILES string of the molecule is CCOCCCn1ccnc1NC(C)c1nc(C)cs1. The lowest BCUT2D eigenvalue weighted by atomic mass is 10.3. The van der Waals surface area contributed by atoms with Crippen molar-refractivity contribution in [3.63, 3.8) is 0 Å². The average Bonchev–Trinajstić information content (AvgIpc) is 3.04. The summed E-state index contributed by atoms with van der Waals surface area (Å²) in [6, 6.07) is 0.168. The van der Waals surface area contributed by atoms with E-state index in [4.69, 9.17) is 4.74 Å². The van der Waals surface area contributed by atoms with Crippen molar-refractivity contribution < 1.29 is 4.74 Å². The second-order valence-corrected chi connectivity index (χ2v) is 5.58. The lowest BCUT2D eigenvalue weighted by Crippen LogP contribution is -2.12. The zero-order valence-corrected chi connectivity index (χ0v) is 13.1. The van der Waals surface area contributed by atoms with Crippen LogP contribution in [0.5, 0.6) is 0 Å². The van der Waals surface area contributed by atoms with Crippen LogP contribution in [0.25, 0.3) is 0 Å². The smallest absolute Gasteiger partial charge is 0.203 e. The van der Waals surface area contributed by atoms with Crippen molar-refractivity contribution in [2.75, 3.05) is 18.5 Å². The largest absolute Gasteiger partial charge is 0.382 e. The van der Waals surface area contributed by atoms with Gasteiger partial charge in [-0.3, -0.25) is 0 Å². The molecule has 0 spiro atoms. The highest BCUT2D eigenvalue weighted by atomic mass is 32.1. The molecule has 0 amide bonds. The Balaban J connectivity index is 1.91. The van der Waals surface area contributed by atoms with Crippen LogP contribution < -0.4 is 5.32 Å². The number of aryl methyl sites for hydroxylation is 2. The van der Waals surface area contributed by atoms with Crippen LogP contribution in [-0.2, 0) is 11.3 Å². The highest BCUT2D eigenvalue weighted by Gasteiger charge is 2.12. The molecule has 0 aliphatic carbocycles. The van der Waals surface area contributed by atoms with Crippen LogP contribution in [0.15, 0.2) is 17.8 Å². The molecule has 6 heteroatoms. The first kappa shape index (κ1) is 15.0. The van der Waals surface area contributed by atoms with Crippen molar-refractivity contribution in [1.82, 2.24) is 14.5 Å². The van der Waals surface area contributed by atoms with Crippen LogP contribution in [0.3, 0.4) is 0 Å². The summed E-state index contributed by atoms with van der Waals surface area (Å²) < 4.78 is 7.48. The highest BCUT2D eigenvalue weighted by molar-refractivity contribution is 7.09. The van der Waals surface area contributed by atoms with Gasteiger partial charge in [0.15, 0.2) is 0 Å². The van der Waals surface area contributed by atoms with Gasteiger partial charge in [0.05, 0.1) is 6.04 Å². The van der Waals surface area contributed by atoms with Crippen molar-refractivity contribution in [3.8, 4) is 0 Å². The minimum Gasteiger partial charge on any atom is -0.382 e. The number of hydrogen-bond donors (Lipinski definition) is 1. The Labute approximate surface area is 124 Å². The van der Waals surface area contributed by atoms with Crippen LogP contribution in [-0.4, -0.2) is 27.7 Å². The Morgan fingerprint density at radius 3 is 3.05 bits per heavy atom. The van der Waals surface area contributed by atoms with Gasteiger partial charge in [0, 0.05) is 43.2 Å². The fourth-order valence-electron chi connectivity index (χ4n) is 1.94. The third-order valence-corrected chi connectivity index (χ3v) is 4.11. The quantitative estimate of drug-likeness (QED) is 0.759. The summed E-state index contributed by atoms with van der Waals surface area (Å²) in [5.74, 6) is 0.891. The first-order valence-corrected chi connectivity index (χ1v) is 7.86. The number of thiazole rings is 1. The van der Waals surface area contributed by atoms with Crippen LogP contribution in [0.2, 0.25) is 0 Å². The number of imidazole rings is 1. The molecule has 0 fully saturated rings. The van der Waals surface area contributed by atoms with Gasteiger partial charge in [0.1, 0.15) is 5.01 Å². The van der Waals surface area contributed by atoms with Gasteiger partial charge < -0.3 is 14.6 Å².